The Morgan fingerprint density at radius 2 is 1.89 bits per heavy atom. The van der Waals surface area contributed by atoms with Crippen molar-refractivity contribution in [2.45, 2.75) is 46.1 Å². The number of nitrogens with two attached hydrogens (primary N) is 1. The molecule has 100 valence electrons. The Balaban J connectivity index is 3.07. The quantitative estimate of drug-likeness (QED) is 0.871. The van der Waals surface area contributed by atoms with Crippen molar-refractivity contribution in [1.29, 1.82) is 0 Å². The average Bonchev–Trinajstić information content (AvgIpc) is 2.38. The van der Waals surface area contributed by atoms with E-state index < -0.39 is 5.54 Å². The Kier molecular flexibility index (Phi) is 4.91. The highest BCUT2D eigenvalue weighted by atomic mass is 16.2. The summed E-state index contributed by atoms with van der Waals surface area (Å²) in [5.74, 6) is 0.0144. The van der Waals surface area contributed by atoms with E-state index >= 15 is 0 Å². The van der Waals surface area contributed by atoms with Gasteiger partial charge in [-0.05, 0) is 44.4 Å². The highest BCUT2D eigenvalue weighted by Crippen LogP contribution is 2.22. The number of aryl methyl sites for hydroxylation is 1. The highest BCUT2D eigenvalue weighted by molar-refractivity contribution is 6.00. The molecule has 0 saturated carbocycles. The van der Waals surface area contributed by atoms with Crippen molar-refractivity contribution in [3.05, 3.63) is 29.8 Å². The number of amides is 1. The number of benzene rings is 1. The SMILES string of the molecule is CCN(C(=O)C(N)(CC)CC)c1cccc(C)c1. The Morgan fingerprint density at radius 1 is 1.28 bits per heavy atom. The molecule has 0 radical (unpaired) electrons. The molecule has 1 aromatic carbocycles. The molecule has 0 fully saturated rings. The number of carbonyl (C=O) groups is 1. The summed E-state index contributed by atoms with van der Waals surface area (Å²) >= 11 is 0. The zero-order chi connectivity index (χ0) is 13.8. The largest absolute Gasteiger partial charge is 0.317 e. The molecule has 0 aliphatic rings. The van der Waals surface area contributed by atoms with Crippen LogP contribution < -0.4 is 10.6 Å². The molecule has 0 bridgehead atoms. The van der Waals surface area contributed by atoms with Crippen LogP contribution in [0.3, 0.4) is 0 Å². The van der Waals surface area contributed by atoms with Gasteiger partial charge < -0.3 is 10.6 Å². The lowest BCUT2D eigenvalue weighted by Gasteiger charge is -2.32. The molecule has 18 heavy (non-hydrogen) atoms. The lowest BCUT2D eigenvalue weighted by atomic mass is 9.92. The molecule has 1 amide bonds. The molecule has 0 atom stereocenters. The highest BCUT2D eigenvalue weighted by Gasteiger charge is 2.34. The van der Waals surface area contributed by atoms with E-state index in [2.05, 4.69) is 0 Å². The van der Waals surface area contributed by atoms with Crippen LogP contribution in [0.5, 0.6) is 0 Å². The van der Waals surface area contributed by atoms with E-state index in [1.54, 1.807) is 4.90 Å². The molecule has 0 spiro atoms. The molecular formula is C15H24N2O. The minimum absolute atomic E-state index is 0.0144. The predicted octanol–water partition coefficient (Wildman–Crippen LogP) is 2.87. The minimum Gasteiger partial charge on any atom is -0.317 e. The van der Waals surface area contributed by atoms with Crippen LogP contribution in [0, 0.1) is 6.92 Å². The van der Waals surface area contributed by atoms with E-state index in [1.807, 2.05) is 52.0 Å². The number of rotatable bonds is 5. The summed E-state index contributed by atoms with van der Waals surface area (Å²) < 4.78 is 0. The summed E-state index contributed by atoms with van der Waals surface area (Å²) in [6.45, 7) is 8.57. The summed E-state index contributed by atoms with van der Waals surface area (Å²) in [6.07, 6.45) is 1.31. The lowest BCUT2D eigenvalue weighted by molar-refractivity contribution is -0.123. The first-order chi connectivity index (χ1) is 8.48. The Bertz CT molecular complexity index is 411. The first-order valence-electron chi connectivity index (χ1n) is 6.66. The molecule has 3 nitrogen and oxygen atoms in total. The van der Waals surface area contributed by atoms with Crippen LogP contribution in [0.15, 0.2) is 24.3 Å². The van der Waals surface area contributed by atoms with Crippen LogP contribution >= 0.6 is 0 Å². The van der Waals surface area contributed by atoms with Crippen LogP contribution in [0.1, 0.15) is 39.2 Å². The molecule has 2 N–H and O–H groups in total. The molecule has 0 heterocycles. The van der Waals surface area contributed by atoms with Crippen LogP contribution in [0.2, 0.25) is 0 Å². The number of likely N-dealkylation sites (N-methyl/N-ethyl adjacent to an activating group) is 1. The van der Waals surface area contributed by atoms with E-state index in [-0.39, 0.29) is 5.91 Å². The Hall–Kier alpha value is -1.35. The van der Waals surface area contributed by atoms with Crippen LogP contribution in [0.25, 0.3) is 0 Å². The standard InChI is InChI=1S/C15H24N2O/c1-5-15(16,6-2)14(18)17(7-3)13-10-8-9-12(4)11-13/h8-11H,5-7,16H2,1-4H3. The summed E-state index contributed by atoms with van der Waals surface area (Å²) in [4.78, 5) is 14.3. The lowest BCUT2D eigenvalue weighted by Crippen LogP contribution is -2.54. The second-order valence-corrected chi connectivity index (χ2v) is 4.75. The van der Waals surface area contributed by atoms with Crippen molar-refractivity contribution < 1.29 is 4.79 Å². The minimum atomic E-state index is -0.750. The van der Waals surface area contributed by atoms with Gasteiger partial charge in [-0.25, -0.2) is 0 Å². The van der Waals surface area contributed by atoms with Gasteiger partial charge in [-0.3, -0.25) is 4.79 Å². The van der Waals surface area contributed by atoms with Gasteiger partial charge in [-0.15, -0.1) is 0 Å². The van der Waals surface area contributed by atoms with Gasteiger partial charge in [0.05, 0.1) is 5.54 Å². The molecule has 1 rings (SSSR count). The van der Waals surface area contributed by atoms with Gasteiger partial charge in [0.25, 0.3) is 0 Å². The third-order valence-corrected chi connectivity index (χ3v) is 3.56. The van der Waals surface area contributed by atoms with Gasteiger partial charge >= 0.3 is 0 Å². The maximum atomic E-state index is 12.6. The zero-order valence-corrected chi connectivity index (χ0v) is 11.9. The summed E-state index contributed by atoms with van der Waals surface area (Å²) in [5.41, 5.74) is 7.53. The molecule has 0 aromatic heterocycles. The summed E-state index contributed by atoms with van der Waals surface area (Å²) in [7, 11) is 0. The Labute approximate surface area is 110 Å². The zero-order valence-electron chi connectivity index (χ0n) is 11.9. The summed E-state index contributed by atoms with van der Waals surface area (Å²) in [6, 6.07) is 7.97. The topological polar surface area (TPSA) is 46.3 Å². The second kappa shape index (κ2) is 6.01. The van der Waals surface area contributed by atoms with Crippen molar-refractivity contribution >= 4 is 11.6 Å². The molecule has 0 aliphatic heterocycles. The van der Waals surface area contributed by atoms with Crippen LogP contribution in [0.4, 0.5) is 5.69 Å². The maximum absolute atomic E-state index is 12.6. The fourth-order valence-corrected chi connectivity index (χ4v) is 2.06. The van der Waals surface area contributed by atoms with E-state index in [9.17, 15) is 4.79 Å². The fourth-order valence-electron chi connectivity index (χ4n) is 2.06. The fraction of sp³-hybridized carbons (Fsp3) is 0.533. The van der Waals surface area contributed by atoms with E-state index in [4.69, 9.17) is 5.73 Å². The summed E-state index contributed by atoms with van der Waals surface area (Å²) in [5, 5.41) is 0. The second-order valence-electron chi connectivity index (χ2n) is 4.75. The molecule has 0 aliphatic carbocycles. The smallest absolute Gasteiger partial charge is 0.247 e. The number of hydrogen-bond donors (Lipinski definition) is 1. The first-order valence-corrected chi connectivity index (χ1v) is 6.66. The van der Waals surface area contributed by atoms with E-state index in [0.717, 1.165) is 11.3 Å². The van der Waals surface area contributed by atoms with Crippen molar-refractivity contribution in [3.63, 3.8) is 0 Å². The van der Waals surface area contributed by atoms with Crippen molar-refractivity contribution in [2.75, 3.05) is 11.4 Å². The van der Waals surface area contributed by atoms with Crippen molar-refractivity contribution in [1.82, 2.24) is 0 Å². The molecule has 0 unspecified atom stereocenters. The van der Waals surface area contributed by atoms with Gasteiger partial charge in [-0.2, -0.15) is 0 Å². The number of hydrogen-bond acceptors (Lipinski definition) is 2. The Morgan fingerprint density at radius 3 is 2.33 bits per heavy atom. The van der Waals surface area contributed by atoms with Crippen molar-refractivity contribution in [2.24, 2.45) is 5.73 Å². The van der Waals surface area contributed by atoms with E-state index in [1.165, 1.54) is 0 Å². The molecule has 1 aromatic rings. The maximum Gasteiger partial charge on any atom is 0.247 e. The third kappa shape index (κ3) is 2.91. The number of nitrogens with zero attached hydrogens (tertiary/aromatic N) is 1. The number of carbonyl (C=O) groups excluding carboxylic acids is 1. The predicted molar refractivity (Wildman–Crippen MR) is 76.7 cm³/mol. The van der Waals surface area contributed by atoms with Gasteiger partial charge in [0.1, 0.15) is 0 Å². The molecule has 3 heteroatoms. The van der Waals surface area contributed by atoms with Gasteiger partial charge in [0.15, 0.2) is 0 Å². The monoisotopic (exact) mass is 248 g/mol. The molecular weight excluding hydrogens is 224 g/mol. The van der Waals surface area contributed by atoms with Gasteiger partial charge in [0, 0.05) is 12.2 Å². The van der Waals surface area contributed by atoms with Crippen molar-refractivity contribution in [3.8, 4) is 0 Å². The van der Waals surface area contributed by atoms with Gasteiger partial charge in [-0.1, -0.05) is 26.0 Å². The van der Waals surface area contributed by atoms with Crippen LogP contribution in [-0.2, 0) is 4.79 Å². The third-order valence-electron chi connectivity index (χ3n) is 3.56. The first kappa shape index (κ1) is 14.7. The molecule has 0 saturated heterocycles. The van der Waals surface area contributed by atoms with Gasteiger partial charge in [0.2, 0.25) is 5.91 Å². The van der Waals surface area contributed by atoms with Crippen LogP contribution in [-0.4, -0.2) is 18.0 Å². The average molecular weight is 248 g/mol. The normalized spacial score (nSPS) is 11.4. The number of anilines is 1. The van der Waals surface area contributed by atoms with E-state index in [0.29, 0.717) is 19.4 Å².